The van der Waals surface area contributed by atoms with Crippen molar-refractivity contribution >= 4 is 29.0 Å². The number of benzene rings is 2. The third-order valence-corrected chi connectivity index (χ3v) is 7.31. The molecule has 0 saturated carbocycles. The first-order chi connectivity index (χ1) is 17.4. The Labute approximate surface area is 215 Å². The van der Waals surface area contributed by atoms with Crippen molar-refractivity contribution < 1.29 is 18.7 Å². The average Bonchev–Trinajstić information content (AvgIpc) is 3.52. The highest BCUT2D eigenvalue weighted by molar-refractivity contribution is 7.10. The van der Waals surface area contributed by atoms with Crippen LogP contribution in [-0.4, -0.2) is 47.5 Å². The molecule has 3 amide bonds. The summed E-state index contributed by atoms with van der Waals surface area (Å²) in [7, 11) is 0. The van der Waals surface area contributed by atoms with E-state index in [2.05, 4.69) is 5.32 Å². The molecule has 4 rings (SSSR count). The maximum Gasteiger partial charge on any atom is 0.322 e. The Hall–Kier alpha value is -3.23. The number of aryl methyl sites for hydroxylation is 2. The topological polar surface area (TPSA) is 61.9 Å². The number of hydrogen-bond donors (Lipinski definition) is 1. The lowest BCUT2D eigenvalue weighted by atomic mass is 10.2. The molecular weight excluding hydrogens is 477 g/mol. The minimum absolute atomic E-state index is 0.0802. The molecule has 36 heavy (non-hydrogen) atoms. The van der Waals surface area contributed by atoms with E-state index in [9.17, 15) is 14.0 Å². The van der Waals surface area contributed by atoms with Crippen LogP contribution in [0.25, 0.3) is 0 Å². The molecule has 1 unspecified atom stereocenters. The smallest absolute Gasteiger partial charge is 0.322 e. The Kier molecular flexibility index (Phi) is 8.72. The quantitative estimate of drug-likeness (QED) is 0.400. The van der Waals surface area contributed by atoms with E-state index in [0.29, 0.717) is 31.9 Å². The largest absolute Gasteiger partial charge is 0.376 e. The number of carbonyl (C=O) groups is 2. The van der Waals surface area contributed by atoms with Crippen LogP contribution in [0, 0.1) is 19.7 Å². The van der Waals surface area contributed by atoms with E-state index >= 15 is 0 Å². The van der Waals surface area contributed by atoms with E-state index < -0.39 is 0 Å². The van der Waals surface area contributed by atoms with Crippen LogP contribution in [0.3, 0.4) is 0 Å². The fraction of sp³-hybridized carbons (Fsp3) is 0.357. The predicted octanol–water partition coefficient (Wildman–Crippen LogP) is 5.75. The monoisotopic (exact) mass is 509 g/mol. The van der Waals surface area contributed by atoms with E-state index in [4.69, 9.17) is 4.74 Å². The molecule has 6 nitrogen and oxygen atoms in total. The van der Waals surface area contributed by atoms with Gasteiger partial charge in [-0.3, -0.25) is 4.79 Å². The fourth-order valence-electron chi connectivity index (χ4n) is 4.14. The van der Waals surface area contributed by atoms with Gasteiger partial charge in [0.15, 0.2) is 0 Å². The average molecular weight is 510 g/mol. The van der Waals surface area contributed by atoms with E-state index in [-0.39, 0.29) is 30.4 Å². The number of ether oxygens (including phenoxy) is 1. The molecule has 0 radical (unpaired) electrons. The zero-order valence-electron chi connectivity index (χ0n) is 20.7. The van der Waals surface area contributed by atoms with Crippen LogP contribution in [-0.2, 0) is 22.6 Å². The lowest BCUT2D eigenvalue weighted by Crippen LogP contribution is -2.46. The minimum Gasteiger partial charge on any atom is -0.376 e. The number of nitrogens with one attached hydrogen (secondary N) is 1. The standard InChI is InChI=1S/C28H32FN3O3S/c1-20-5-11-24(12-6-20)30-28(34)32(17-25-4-3-14-35-25)19-27(33)31(18-26-21(2)13-15-36-26)16-22-7-9-23(29)10-8-22/h5-13,15,25H,3-4,14,16-19H2,1-2H3,(H,30,34). The second kappa shape index (κ2) is 12.1. The molecule has 2 heterocycles. The van der Waals surface area contributed by atoms with Crippen molar-refractivity contribution in [1.29, 1.82) is 0 Å². The number of rotatable bonds is 9. The summed E-state index contributed by atoms with van der Waals surface area (Å²) in [6.07, 6.45) is 1.71. The van der Waals surface area contributed by atoms with Crippen molar-refractivity contribution in [2.75, 3.05) is 25.0 Å². The molecule has 190 valence electrons. The van der Waals surface area contributed by atoms with Crippen LogP contribution in [0.1, 0.15) is 34.4 Å². The molecule has 0 bridgehead atoms. The first-order valence-electron chi connectivity index (χ1n) is 12.2. The molecule has 0 aliphatic carbocycles. The van der Waals surface area contributed by atoms with Gasteiger partial charge in [-0.05, 0) is 73.5 Å². The van der Waals surface area contributed by atoms with Gasteiger partial charge < -0.3 is 19.9 Å². The zero-order valence-corrected chi connectivity index (χ0v) is 21.5. The summed E-state index contributed by atoms with van der Waals surface area (Å²) >= 11 is 1.60. The van der Waals surface area contributed by atoms with Crippen LogP contribution in [0.5, 0.6) is 0 Å². The van der Waals surface area contributed by atoms with Crippen LogP contribution in [0.4, 0.5) is 14.9 Å². The van der Waals surface area contributed by atoms with Crippen molar-refractivity contribution in [2.24, 2.45) is 0 Å². The first-order valence-corrected chi connectivity index (χ1v) is 13.0. The summed E-state index contributed by atoms with van der Waals surface area (Å²) in [6.45, 7) is 5.68. The third kappa shape index (κ3) is 7.15. The minimum atomic E-state index is -0.336. The van der Waals surface area contributed by atoms with Crippen molar-refractivity contribution in [3.63, 3.8) is 0 Å². The van der Waals surface area contributed by atoms with Gasteiger partial charge in [-0.15, -0.1) is 11.3 Å². The van der Waals surface area contributed by atoms with E-state index in [0.717, 1.165) is 34.4 Å². The van der Waals surface area contributed by atoms with Gasteiger partial charge in [-0.2, -0.15) is 0 Å². The Morgan fingerprint density at radius 2 is 1.78 bits per heavy atom. The van der Waals surface area contributed by atoms with Gasteiger partial charge in [-0.1, -0.05) is 29.8 Å². The third-order valence-electron chi connectivity index (χ3n) is 6.31. The lowest BCUT2D eigenvalue weighted by molar-refractivity contribution is -0.133. The molecule has 1 fully saturated rings. The molecule has 1 aliphatic rings. The normalized spacial score (nSPS) is 15.0. The Bertz CT molecular complexity index is 1160. The molecule has 1 atom stereocenters. The van der Waals surface area contributed by atoms with Gasteiger partial charge in [0.05, 0.1) is 12.6 Å². The lowest BCUT2D eigenvalue weighted by Gasteiger charge is -2.29. The maximum absolute atomic E-state index is 13.6. The predicted molar refractivity (Wildman–Crippen MR) is 140 cm³/mol. The molecule has 0 spiro atoms. The van der Waals surface area contributed by atoms with Crippen molar-refractivity contribution in [1.82, 2.24) is 9.80 Å². The highest BCUT2D eigenvalue weighted by Crippen LogP contribution is 2.21. The first kappa shape index (κ1) is 25.9. The Balaban J connectivity index is 1.52. The van der Waals surface area contributed by atoms with Gasteiger partial charge >= 0.3 is 6.03 Å². The van der Waals surface area contributed by atoms with Crippen LogP contribution in [0.15, 0.2) is 60.0 Å². The summed E-state index contributed by atoms with van der Waals surface area (Å²) in [5.41, 5.74) is 3.71. The summed E-state index contributed by atoms with van der Waals surface area (Å²) in [4.78, 5) is 31.2. The number of nitrogens with zero attached hydrogens (tertiary/aromatic N) is 2. The number of halogens is 1. The maximum atomic E-state index is 13.6. The molecule has 1 saturated heterocycles. The number of urea groups is 1. The van der Waals surface area contributed by atoms with Crippen molar-refractivity contribution in [3.8, 4) is 0 Å². The summed E-state index contributed by atoms with van der Waals surface area (Å²) in [5.74, 6) is -0.495. The molecule has 2 aromatic carbocycles. The Morgan fingerprint density at radius 1 is 1.03 bits per heavy atom. The SMILES string of the molecule is Cc1ccc(NC(=O)N(CC(=O)N(Cc2ccc(F)cc2)Cc2sccc2C)CC2CCCO2)cc1. The second-order valence-electron chi connectivity index (χ2n) is 9.21. The van der Waals surface area contributed by atoms with Crippen LogP contribution < -0.4 is 5.32 Å². The highest BCUT2D eigenvalue weighted by Gasteiger charge is 2.27. The Morgan fingerprint density at radius 3 is 2.42 bits per heavy atom. The number of amides is 3. The van der Waals surface area contributed by atoms with E-state index in [1.54, 1.807) is 28.4 Å². The van der Waals surface area contributed by atoms with Gasteiger partial charge in [-0.25, -0.2) is 9.18 Å². The van der Waals surface area contributed by atoms with E-state index in [1.165, 1.54) is 17.0 Å². The van der Waals surface area contributed by atoms with Gasteiger partial charge in [0.25, 0.3) is 0 Å². The number of thiophene rings is 1. The summed E-state index contributed by atoms with van der Waals surface area (Å²) < 4.78 is 19.2. The van der Waals surface area contributed by atoms with Crippen LogP contribution >= 0.6 is 11.3 Å². The van der Waals surface area contributed by atoms with Crippen molar-refractivity contribution in [2.45, 2.75) is 45.9 Å². The number of anilines is 1. The molecule has 1 aromatic heterocycles. The second-order valence-corrected chi connectivity index (χ2v) is 10.2. The summed E-state index contributed by atoms with van der Waals surface area (Å²) in [6, 6.07) is 15.4. The molecule has 1 aliphatic heterocycles. The van der Waals surface area contributed by atoms with Crippen LogP contribution in [0.2, 0.25) is 0 Å². The molecule has 1 N–H and O–H groups in total. The highest BCUT2D eigenvalue weighted by atomic mass is 32.1. The summed E-state index contributed by atoms with van der Waals surface area (Å²) in [5, 5.41) is 4.92. The number of carbonyl (C=O) groups excluding carboxylic acids is 2. The zero-order chi connectivity index (χ0) is 25.5. The number of hydrogen-bond acceptors (Lipinski definition) is 4. The molecular formula is C28H32FN3O3S. The molecule has 8 heteroatoms. The van der Waals surface area contributed by atoms with Crippen molar-refractivity contribution in [3.05, 3.63) is 87.4 Å². The fourth-order valence-corrected chi connectivity index (χ4v) is 5.06. The van der Waals surface area contributed by atoms with Gasteiger partial charge in [0.1, 0.15) is 12.4 Å². The van der Waals surface area contributed by atoms with Gasteiger partial charge in [0, 0.05) is 30.3 Å². The molecule has 3 aromatic rings. The van der Waals surface area contributed by atoms with E-state index in [1.807, 2.05) is 49.6 Å². The van der Waals surface area contributed by atoms with Gasteiger partial charge in [0.2, 0.25) is 5.91 Å².